The quantitative estimate of drug-likeness (QED) is 0.824. The third kappa shape index (κ3) is 3.23. The lowest BCUT2D eigenvalue weighted by Crippen LogP contribution is -2.38. The van der Waals surface area contributed by atoms with E-state index in [-0.39, 0.29) is 18.8 Å². The number of pyridine rings is 1. The van der Waals surface area contributed by atoms with Gasteiger partial charge in [-0.05, 0) is 33.5 Å². The Morgan fingerprint density at radius 3 is 2.84 bits per heavy atom. The molecule has 0 saturated carbocycles. The van der Waals surface area contributed by atoms with Crippen molar-refractivity contribution >= 4 is 5.69 Å². The van der Waals surface area contributed by atoms with Crippen molar-refractivity contribution in [3.05, 3.63) is 23.5 Å². The van der Waals surface area contributed by atoms with E-state index < -0.39 is 0 Å². The number of aryl methyl sites for hydroxylation is 1. The van der Waals surface area contributed by atoms with Crippen molar-refractivity contribution < 1.29 is 10.2 Å². The molecule has 1 fully saturated rings. The van der Waals surface area contributed by atoms with Gasteiger partial charge in [-0.3, -0.25) is 4.98 Å². The molecule has 5 nitrogen and oxygen atoms in total. The molecule has 106 valence electrons. The minimum atomic E-state index is -0.301. The molecule has 1 aliphatic heterocycles. The summed E-state index contributed by atoms with van der Waals surface area (Å²) in [7, 11) is 4.07. The minimum Gasteiger partial charge on any atom is -0.392 e. The van der Waals surface area contributed by atoms with Gasteiger partial charge >= 0.3 is 0 Å². The van der Waals surface area contributed by atoms with Crippen LogP contribution in [-0.4, -0.2) is 59.4 Å². The molecule has 2 unspecified atom stereocenters. The van der Waals surface area contributed by atoms with Crippen molar-refractivity contribution in [2.75, 3.05) is 32.1 Å². The molecule has 0 amide bonds. The molecule has 1 aromatic rings. The highest BCUT2D eigenvalue weighted by atomic mass is 16.3. The minimum absolute atomic E-state index is 0.0239. The van der Waals surface area contributed by atoms with Gasteiger partial charge in [0.2, 0.25) is 0 Å². The number of β-amino-alcohol motifs (C(OH)–C–C–N with tert-alkyl or cyclic N) is 1. The molecule has 0 radical (unpaired) electrons. The van der Waals surface area contributed by atoms with Crippen molar-refractivity contribution in [1.29, 1.82) is 0 Å². The van der Waals surface area contributed by atoms with Gasteiger partial charge in [0.05, 0.1) is 12.7 Å². The zero-order valence-corrected chi connectivity index (χ0v) is 11.9. The average molecular weight is 265 g/mol. The molecule has 19 heavy (non-hydrogen) atoms. The topological polar surface area (TPSA) is 59.8 Å². The number of nitrogens with zero attached hydrogens (tertiary/aromatic N) is 3. The first kappa shape index (κ1) is 14.2. The van der Waals surface area contributed by atoms with Crippen LogP contribution in [0.4, 0.5) is 5.69 Å². The van der Waals surface area contributed by atoms with E-state index in [0.29, 0.717) is 6.54 Å². The van der Waals surface area contributed by atoms with Crippen LogP contribution >= 0.6 is 0 Å². The summed E-state index contributed by atoms with van der Waals surface area (Å²) in [5.41, 5.74) is 2.75. The molecule has 1 aliphatic rings. The molecule has 2 heterocycles. The van der Waals surface area contributed by atoms with E-state index in [4.69, 9.17) is 0 Å². The maximum atomic E-state index is 9.94. The Morgan fingerprint density at radius 2 is 2.21 bits per heavy atom. The Hall–Kier alpha value is -1.17. The second-order valence-electron chi connectivity index (χ2n) is 5.57. The first-order chi connectivity index (χ1) is 9.01. The fourth-order valence-corrected chi connectivity index (χ4v) is 2.74. The molecule has 1 aromatic heterocycles. The average Bonchev–Trinajstić information content (AvgIpc) is 2.69. The van der Waals surface area contributed by atoms with Crippen molar-refractivity contribution in [3.63, 3.8) is 0 Å². The van der Waals surface area contributed by atoms with E-state index in [1.165, 1.54) is 0 Å². The summed E-state index contributed by atoms with van der Waals surface area (Å²) in [6.07, 6.45) is 2.19. The fourth-order valence-electron chi connectivity index (χ4n) is 2.74. The number of hydrogen-bond donors (Lipinski definition) is 2. The van der Waals surface area contributed by atoms with Gasteiger partial charge < -0.3 is 20.0 Å². The molecular formula is C14H23N3O2. The monoisotopic (exact) mass is 265 g/mol. The zero-order valence-electron chi connectivity index (χ0n) is 11.9. The van der Waals surface area contributed by atoms with E-state index in [1.54, 1.807) is 6.20 Å². The van der Waals surface area contributed by atoms with Crippen LogP contribution in [0.15, 0.2) is 12.3 Å². The van der Waals surface area contributed by atoms with Crippen molar-refractivity contribution in [2.45, 2.75) is 32.1 Å². The summed E-state index contributed by atoms with van der Waals surface area (Å²) in [5, 5.41) is 19.4. The van der Waals surface area contributed by atoms with Crippen molar-refractivity contribution in [3.8, 4) is 0 Å². The van der Waals surface area contributed by atoms with E-state index in [1.807, 2.05) is 27.1 Å². The standard InChI is InChI=1S/C14H23N3O2/c1-10-4-14(11(9-18)6-15-10)17-8-13(19)5-12(17)7-16(2)3/h4,6,12-13,18-19H,5,7-9H2,1-3H3. The Morgan fingerprint density at radius 1 is 1.47 bits per heavy atom. The van der Waals surface area contributed by atoms with Crippen LogP contribution in [0.5, 0.6) is 0 Å². The summed E-state index contributed by atoms with van der Waals surface area (Å²) in [4.78, 5) is 8.55. The van der Waals surface area contributed by atoms with Gasteiger partial charge in [-0.15, -0.1) is 0 Å². The highest BCUT2D eigenvalue weighted by molar-refractivity contribution is 5.55. The molecule has 0 aliphatic carbocycles. The van der Waals surface area contributed by atoms with Crippen molar-refractivity contribution in [2.24, 2.45) is 0 Å². The zero-order chi connectivity index (χ0) is 14.0. The van der Waals surface area contributed by atoms with Crippen LogP contribution in [0.25, 0.3) is 0 Å². The first-order valence-corrected chi connectivity index (χ1v) is 6.67. The van der Waals surface area contributed by atoms with Gasteiger partial charge in [0, 0.05) is 42.3 Å². The lowest BCUT2D eigenvalue weighted by Gasteiger charge is -2.30. The molecule has 2 N–H and O–H groups in total. The lowest BCUT2D eigenvalue weighted by atomic mass is 10.1. The van der Waals surface area contributed by atoms with E-state index in [0.717, 1.165) is 29.9 Å². The van der Waals surface area contributed by atoms with Crippen LogP contribution in [0.2, 0.25) is 0 Å². The number of aromatic nitrogens is 1. The Bertz CT molecular complexity index is 437. The number of likely N-dealkylation sites (N-methyl/N-ethyl adjacent to an activating group) is 1. The number of anilines is 1. The predicted octanol–water partition coefficient (Wildman–Crippen LogP) is 0.384. The van der Waals surface area contributed by atoms with E-state index >= 15 is 0 Å². The van der Waals surface area contributed by atoms with Crippen LogP contribution in [0, 0.1) is 6.92 Å². The second-order valence-corrected chi connectivity index (χ2v) is 5.57. The summed E-state index contributed by atoms with van der Waals surface area (Å²) in [6, 6.07) is 2.27. The summed E-state index contributed by atoms with van der Waals surface area (Å²) in [5.74, 6) is 0. The van der Waals surface area contributed by atoms with Crippen LogP contribution in [0.3, 0.4) is 0 Å². The maximum Gasteiger partial charge on any atom is 0.0735 e. The lowest BCUT2D eigenvalue weighted by molar-refractivity contribution is 0.191. The third-order valence-electron chi connectivity index (χ3n) is 3.55. The largest absolute Gasteiger partial charge is 0.392 e. The van der Waals surface area contributed by atoms with E-state index in [9.17, 15) is 10.2 Å². The maximum absolute atomic E-state index is 9.94. The number of aliphatic hydroxyl groups excluding tert-OH is 2. The Kier molecular flexibility index (Phi) is 4.39. The van der Waals surface area contributed by atoms with Gasteiger partial charge in [0.25, 0.3) is 0 Å². The molecule has 2 rings (SSSR count). The smallest absolute Gasteiger partial charge is 0.0735 e. The molecule has 2 atom stereocenters. The Labute approximate surface area is 114 Å². The molecule has 0 bridgehead atoms. The molecule has 5 heteroatoms. The number of rotatable bonds is 4. The van der Waals surface area contributed by atoms with Crippen LogP contribution < -0.4 is 4.90 Å². The number of hydrogen-bond acceptors (Lipinski definition) is 5. The second kappa shape index (κ2) is 5.86. The van der Waals surface area contributed by atoms with Gasteiger partial charge in [-0.1, -0.05) is 0 Å². The Balaban J connectivity index is 2.30. The normalized spacial score (nSPS) is 23.4. The highest BCUT2D eigenvalue weighted by Crippen LogP contribution is 2.29. The van der Waals surface area contributed by atoms with Gasteiger partial charge in [0.1, 0.15) is 0 Å². The van der Waals surface area contributed by atoms with Gasteiger partial charge in [0.15, 0.2) is 0 Å². The summed E-state index contributed by atoms with van der Waals surface area (Å²) < 4.78 is 0. The van der Waals surface area contributed by atoms with Gasteiger partial charge in [-0.25, -0.2) is 0 Å². The van der Waals surface area contributed by atoms with Crippen LogP contribution in [-0.2, 0) is 6.61 Å². The molecular weight excluding hydrogens is 242 g/mol. The molecule has 1 saturated heterocycles. The summed E-state index contributed by atoms with van der Waals surface area (Å²) in [6.45, 7) is 3.43. The van der Waals surface area contributed by atoms with E-state index in [2.05, 4.69) is 14.8 Å². The third-order valence-corrected chi connectivity index (χ3v) is 3.55. The first-order valence-electron chi connectivity index (χ1n) is 6.67. The molecule has 0 aromatic carbocycles. The predicted molar refractivity (Wildman–Crippen MR) is 75.2 cm³/mol. The molecule has 0 spiro atoms. The SMILES string of the molecule is Cc1cc(N2CC(O)CC2CN(C)C)c(CO)cn1. The van der Waals surface area contributed by atoms with Crippen molar-refractivity contribution in [1.82, 2.24) is 9.88 Å². The van der Waals surface area contributed by atoms with Crippen LogP contribution in [0.1, 0.15) is 17.7 Å². The highest BCUT2D eigenvalue weighted by Gasteiger charge is 2.32. The summed E-state index contributed by atoms with van der Waals surface area (Å²) >= 11 is 0. The fraction of sp³-hybridized carbons (Fsp3) is 0.643. The van der Waals surface area contributed by atoms with Gasteiger partial charge in [-0.2, -0.15) is 0 Å². The number of aliphatic hydroxyl groups is 2.